The zero-order valence-electron chi connectivity index (χ0n) is 15.0. The van der Waals surface area contributed by atoms with Crippen molar-refractivity contribution in [1.82, 2.24) is 13.9 Å². The summed E-state index contributed by atoms with van der Waals surface area (Å²) in [4.78, 5) is 8.64. The van der Waals surface area contributed by atoms with E-state index < -0.39 is 10.0 Å². The first-order valence-electron chi connectivity index (χ1n) is 8.49. The lowest BCUT2D eigenvalue weighted by Crippen LogP contribution is -2.19. The van der Waals surface area contributed by atoms with Gasteiger partial charge in [-0.25, -0.2) is 17.4 Å². The second-order valence-electron chi connectivity index (χ2n) is 6.78. The number of fused-ring (bicyclic) bond motifs is 1. The molecule has 0 spiro atoms. The van der Waals surface area contributed by atoms with Crippen molar-refractivity contribution in [2.24, 2.45) is 5.92 Å². The van der Waals surface area contributed by atoms with Gasteiger partial charge in [0.05, 0.1) is 10.3 Å². The molecule has 4 rings (SSSR count). The quantitative estimate of drug-likeness (QED) is 0.587. The minimum Gasteiger partial charge on any atom is -0.367 e. The van der Waals surface area contributed by atoms with Crippen LogP contribution in [0.1, 0.15) is 32.8 Å². The highest BCUT2D eigenvalue weighted by Crippen LogP contribution is 2.35. The van der Waals surface area contributed by atoms with Gasteiger partial charge < -0.3 is 5.32 Å². The standard InChI is InChI=1S/C18H19ClN4O2S.CH4.H2S/c1-11-3-7-14(8-4-11)26(24,25)23-10-9-15-16(20-12(2)13-5-6-13)21-18(19)22-17(15)23;;/h3-4,7-10,12-13H,5-6H2,1-2H3,(H,20,21,22);1H4;1H2/t12-;;/m0../s1. The molecule has 0 radical (unpaired) electrons. The Labute approximate surface area is 177 Å². The number of nitrogens with one attached hydrogen (secondary N) is 1. The number of hydrogen-bond acceptors (Lipinski definition) is 5. The number of hydrogen-bond donors (Lipinski definition) is 1. The summed E-state index contributed by atoms with van der Waals surface area (Å²) in [5.74, 6) is 1.19. The first kappa shape index (κ1) is 22.5. The van der Waals surface area contributed by atoms with Crippen LogP contribution in [0.4, 0.5) is 5.82 Å². The lowest BCUT2D eigenvalue weighted by Gasteiger charge is -2.14. The van der Waals surface area contributed by atoms with Gasteiger partial charge >= 0.3 is 0 Å². The maximum absolute atomic E-state index is 13.0. The Morgan fingerprint density at radius 1 is 1.18 bits per heavy atom. The summed E-state index contributed by atoms with van der Waals surface area (Å²) in [7, 11) is -3.77. The zero-order chi connectivity index (χ0) is 18.5. The van der Waals surface area contributed by atoms with Gasteiger partial charge in [0.15, 0.2) is 5.65 Å². The predicted molar refractivity (Wildman–Crippen MR) is 119 cm³/mol. The van der Waals surface area contributed by atoms with Gasteiger partial charge in [-0.1, -0.05) is 25.1 Å². The highest BCUT2D eigenvalue weighted by molar-refractivity contribution is 7.90. The molecule has 9 heteroatoms. The van der Waals surface area contributed by atoms with Gasteiger partial charge in [0.1, 0.15) is 5.82 Å². The van der Waals surface area contributed by atoms with Crippen LogP contribution in [0.25, 0.3) is 11.0 Å². The van der Waals surface area contributed by atoms with Gasteiger partial charge in [-0.05, 0) is 62.4 Å². The molecule has 1 aromatic carbocycles. The molecule has 0 aliphatic heterocycles. The van der Waals surface area contributed by atoms with Gasteiger partial charge in [0, 0.05) is 12.2 Å². The second-order valence-corrected chi connectivity index (χ2v) is 8.93. The molecule has 28 heavy (non-hydrogen) atoms. The highest BCUT2D eigenvalue weighted by Gasteiger charge is 2.29. The van der Waals surface area contributed by atoms with Crippen LogP contribution >= 0.6 is 25.1 Å². The van der Waals surface area contributed by atoms with E-state index in [4.69, 9.17) is 11.6 Å². The van der Waals surface area contributed by atoms with Crippen molar-refractivity contribution in [3.8, 4) is 0 Å². The molecule has 1 aliphatic carbocycles. The number of aryl methyl sites for hydroxylation is 1. The first-order chi connectivity index (χ1) is 12.4. The Balaban J connectivity index is 0.00000140. The van der Waals surface area contributed by atoms with E-state index in [1.165, 1.54) is 19.0 Å². The topological polar surface area (TPSA) is 76.9 Å². The average Bonchev–Trinajstić information content (AvgIpc) is 3.35. The van der Waals surface area contributed by atoms with Crippen molar-refractivity contribution in [3.63, 3.8) is 0 Å². The number of anilines is 1. The van der Waals surface area contributed by atoms with E-state index in [9.17, 15) is 8.42 Å². The van der Waals surface area contributed by atoms with Gasteiger partial charge in [-0.3, -0.25) is 0 Å². The number of aromatic nitrogens is 3. The Bertz CT molecular complexity index is 1080. The van der Waals surface area contributed by atoms with Crippen molar-refractivity contribution in [3.05, 3.63) is 47.4 Å². The van der Waals surface area contributed by atoms with Gasteiger partial charge in [0.25, 0.3) is 10.0 Å². The number of nitrogens with zero attached hydrogens (tertiary/aromatic N) is 3. The van der Waals surface area contributed by atoms with Crippen molar-refractivity contribution in [2.45, 2.75) is 45.1 Å². The van der Waals surface area contributed by atoms with Crippen LogP contribution < -0.4 is 5.32 Å². The summed E-state index contributed by atoms with van der Waals surface area (Å²) < 4.78 is 27.2. The fourth-order valence-corrected chi connectivity index (χ4v) is 4.48. The fraction of sp³-hybridized carbons (Fsp3) is 0.368. The maximum atomic E-state index is 13.0. The molecule has 3 aromatic rings. The molecular formula is C19H25ClN4O2S2. The number of benzene rings is 1. The Hall–Kier alpha value is -1.77. The summed E-state index contributed by atoms with van der Waals surface area (Å²) in [6.45, 7) is 4.01. The zero-order valence-corrected chi connectivity index (χ0v) is 17.5. The third-order valence-electron chi connectivity index (χ3n) is 4.75. The van der Waals surface area contributed by atoms with Crippen LogP contribution in [-0.2, 0) is 10.0 Å². The van der Waals surface area contributed by atoms with Gasteiger partial charge in [0.2, 0.25) is 5.28 Å². The van der Waals surface area contributed by atoms with Crippen LogP contribution in [0.2, 0.25) is 5.28 Å². The summed E-state index contributed by atoms with van der Waals surface area (Å²) in [6.07, 6.45) is 3.88. The molecule has 0 unspecified atom stereocenters. The smallest absolute Gasteiger partial charge is 0.269 e. The van der Waals surface area contributed by atoms with Crippen molar-refractivity contribution in [1.29, 1.82) is 0 Å². The third-order valence-corrected chi connectivity index (χ3v) is 6.60. The molecule has 1 saturated carbocycles. The summed E-state index contributed by atoms with van der Waals surface area (Å²) in [5.41, 5.74) is 1.27. The average molecular weight is 441 g/mol. The van der Waals surface area contributed by atoms with Crippen LogP contribution in [-0.4, -0.2) is 28.4 Å². The van der Waals surface area contributed by atoms with E-state index in [0.29, 0.717) is 17.1 Å². The van der Waals surface area contributed by atoms with Crippen LogP contribution in [0.5, 0.6) is 0 Å². The SMILES string of the molecule is C.Cc1ccc(S(=O)(=O)n2ccc3c(N[C@@H](C)C4CC4)nc(Cl)nc32)cc1.S. The maximum Gasteiger partial charge on any atom is 0.269 e. The van der Waals surface area contributed by atoms with Crippen LogP contribution in [0.15, 0.2) is 41.4 Å². The highest BCUT2D eigenvalue weighted by atomic mass is 35.5. The lowest BCUT2D eigenvalue weighted by atomic mass is 10.2. The monoisotopic (exact) mass is 440 g/mol. The molecule has 1 aliphatic rings. The van der Waals surface area contributed by atoms with Crippen LogP contribution in [0.3, 0.4) is 0 Å². The molecule has 2 aromatic heterocycles. The molecule has 1 N–H and O–H groups in total. The summed E-state index contributed by atoms with van der Waals surface area (Å²) >= 11 is 6.08. The van der Waals surface area contributed by atoms with E-state index in [2.05, 4.69) is 22.2 Å². The molecule has 152 valence electrons. The van der Waals surface area contributed by atoms with E-state index in [1.807, 2.05) is 6.92 Å². The number of halogens is 1. The van der Waals surface area contributed by atoms with Crippen molar-refractivity contribution < 1.29 is 8.42 Å². The van der Waals surface area contributed by atoms with E-state index in [0.717, 1.165) is 9.54 Å². The van der Waals surface area contributed by atoms with E-state index in [-0.39, 0.29) is 42.8 Å². The molecule has 1 atom stereocenters. The van der Waals surface area contributed by atoms with E-state index in [1.54, 1.807) is 30.3 Å². The molecule has 0 amide bonds. The normalized spacial score (nSPS) is 14.8. The van der Waals surface area contributed by atoms with E-state index >= 15 is 0 Å². The molecular weight excluding hydrogens is 416 g/mol. The Kier molecular flexibility index (Phi) is 6.68. The molecule has 2 heterocycles. The molecule has 1 fully saturated rings. The fourth-order valence-electron chi connectivity index (χ4n) is 3.02. The molecule has 0 saturated heterocycles. The van der Waals surface area contributed by atoms with Gasteiger partial charge in [-0.2, -0.15) is 18.5 Å². The largest absolute Gasteiger partial charge is 0.367 e. The van der Waals surface area contributed by atoms with Crippen LogP contribution in [0, 0.1) is 12.8 Å². The second kappa shape index (κ2) is 8.31. The summed E-state index contributed by atoms with van der Waals surface area (Å²) in [6, 6.07) is 8.68. The predicted octanol–water partition coefficient (Wildman–Crippen LogP) is 4.59. The minimum atomic E-state index is -3.77. The summed E-state index contributed by atoms with van der Waals surface area (Å²) in [5, 5.41) is 4.01. The molecule has 0 bridgehead atoms. The van der Waals surface area contributed by atoms with Crippen molar-refractivity contribution in [2.75, 3.05) is 5.32 Å². The Morgan fingerprint density at radius 2 is 1.82 bits per heavy atom. The minimum absolute atomic E-state index is 0. The first-order valence-corrected chi connectivity index (χ1v) is 10.3. The Morgan fingerprint density at radius 3 is 2.43 bits per heavy atom. The van der Waals surface area contributed by atoms with Gasteiger partial charge in [-0.15, -0.1) is 0 Å². The third kappa shape index (κ3) is 4.14. The molecule has 6 nitrogen and oxygen atoms in total. The number of rotatable bonds is 5. The van der Waals surface area contributed by atoms with Crippen molar-refractivity contribution >= 4 is 52.0 Å². The lowest BCUT2D eigenvalue weighted by molar-refractivity contribution is 0.588.